The first-order valence-corrected chi connectivity index (χ1v) is 5.52. The summed E-state index contributed by atoms with van der Waals surface area (Å²) in [6, 6.07) is 0. The van der Waals surface area contributed by atoms with Gasteiger partial charge < -0.3 is 14.2 Å². The van der Waals surface area contributed by atoms with Crippen LogP contribution in [0.15, 0.2) is 4.42 Å². The van der Waals surface area contributed by atoms with Gasteiger partial charge >= 0.3 is 0 Å². The summed E-state index contributed by atoms with van der Waals surface area (Å²) in [7, 11) is 5.61. The molecule has 0 N–H and O–H groups in total. The summed E-state index contributed by atoms with van der Waals surface area (Å²) < 4.78 is 5.68. The highest BCUT2D eigenvalue weighted by atomic mass is 16.3. The maximum Gasteiger partial charge on any atom is 0.257 e. The number of nitrogens with zero attached hydrogens (tertiary/aromatic N) is 2. The first-order chi connectivity index (χ1) is 7.50. The largest absolute Gasteiger partial charge is 0.465 e. The Labute approximate surface area is 95.8 Å². The van der Waals surface area contributed by atoms with Crippen molar-refractivity contribution in [1.29, 1.82) is 0 Å². The first kappa shape index (κ1) is 11.2. The van der Waals surface area contributed by atoms with Gasteiger partial charge in [0.2, 0.25) is 0 Å². The molecule has 88 valence electrons. The summed E-state index contributed by atoms with van der Waals surface area (Å²) in [6.45, 7) is 3.67. The lowest BCUT2D eigenvalue weighted by Crippen LogP contribution is -2.29. The highest BCUT2D eigenvalue weighted by Crippen LogP contribution is 2.28. The Morgan fingerprint density at radius 2 is 2.12 bits per heavy atom. The third kappa shape index (κ3) is 1.73. The monoisotopic (exact) mass is 222 g/mol. The predicted molar refractivity (Wildman–Crippen MR) is 61.5 cm³/mol. The van der Waals surface area contributed by atoms with E-state index < -0.39 is 0 Å². The van der Waals surface area contributed by atoms with Crippen LogP contribution in [0.4, 0.5) is 0 Å². The van der Waals surface area contributed by atoms with Crippen LogP contribution >= 0.6 is 0 Å². The first-order valence-electron chi connectivity index (χ1n) is 5.52. The van der Waals surface area contributed by atoms with E-state index in [1.165, 1.54) is 0 Å². The summed E-state index contributed by atoms with van der Waals surface area (Å²) in [6.07, 6.45) is 0.896. The minimum Gasteiger partial charge on any atom is -0.465 e. The lowest BCUT2D eigenvalue weighted by Gasteiger charge is -2.22. The lowest BCUT2D eigenvalue weighted by molar-refractivity contribution is 0.0824. The van der Waals surface area contributed by atoms with Crippen LogP contribution in [0.5, 0.6) is 0 Å². The molecule has 0 aliphatic carbocycles. The summed E-state index contributed by atoms with van der Waals surface area (Å²) >= 11 is 0. The number of amides is 1. The molecule has 1 aliphatic rings. The van der Waals surface area contributed by atoms with E-state index >= 15 is 0 Å². The molecule has 1 aromatic rings. The zero-order chi connectivity index (χ0) is 11.9. The van der Waals surface area contributed by atoms with E-state index in [2.05, 4.69) is 11.9 Å². The average molecular weight is 222 g/mol. The van der Waals surface area contributed by atoms with Crippen LogP contribution in [-0.4, -0.2) is 43.4 Å². The van der Waals surface area contributed by atoms with Crippen molar-refractivity contribution in [2.24, 2.45) is 0 Å². The van der Waals surface area contributed by atoms with Crippen LogP contribution in [0.3, 0.4) is 0 Å². The molecule has 0 spiro atoms. The van der Waals surface area contributed by atoms with Gasteiger partial charge in [0.25, 0.3) is 5.91 Å². The number of likely N-dealkylation sites (N-methyl/N-ethyl adjacent to an activating group) is 1. The van der Waals surface area contributed by atoms with Crippen LogP contribution in [0.1, 0.15) is 27.4 Å². The molecule has 1 aromatic heterocycles. The fraction of sp³-hybridized carbons (Fsp3) is 0.583. The van der Waals surface area contributed by atoms with Crippen molar-refractivity contribution >= 4 is 5.91 Å². The van der Waals surface area contributed by atoms with Crippen LogP contribution in [0.2, 0.25) is 0 Å². The van der Waals surface area contributed by atoms with Crippen molar-refractivity contribution in [1.82, 2.24) is 9.80 Å². The molecule has 0 atom stereocenters. The van der Waals surface area contributed by atoms with Crippen molar-refractivity contribution in [3.05, 3.63) is 22.6 Å². The third-order valence-corrected chi connectivity index (χ3v) is 3.04. The fourth-order valence-corrected chi connectivity index (χ4v) is 2.16. The molecular weight excluding hydrogens is 204 g/mol. The van der Waals surface area contributed by atoms with Gasteiger partial charge in [-0.25, -0.2) is 0 Å². The van der Waals surface area contributed by atoms with Gasteiger partial charge in [0.05, 0.1) is 5.56 Å². The van der Waals surface area contributed by atoms with E-state index in [1.807, 2.05) is 6.92 Å². The highest BCUT2D eigenvalue weighted by Gasteiger charge is 2.27. The second-order valence-corrected chi connectivity index (χ2v) is 4.62. The van der Waals surface area contributed by atoms with E-state index in [4.69, 9.17) is 4.42 Å². The Hall–Kier alpha value is -1.29. The summed E-state index contributed by atoms with van der Waals surface area (Å²) in [5, 5.41) is 0. The summed E-state index contributed by atoms with van der Waals surface area (Å²) in [5.74, 6) is 1.78. The van der Waals surface area contributed by atoms with Crippen LogP contribution in [-0.2, 0) is 13.0 Å². The number of carbonyl (C=O) groups is 1. The van der Waals surface area contributed by atoms with E-state index in [1.54, 1.807) is 19.0 Å². The molecular formula is C12H18N2O2. The average Bonchev–Trinajstić information content (AvgIpc) is 2.52. The van der Waals surface area contributed by atoms with E-state index in [0.717, 1.165) is 42.2 Å². The predicted octanol–water partition coefficient (Wildman–Crippen LogP) is 1.28. The molecule has 0 bridgehead atoms. The second-order valence-electron chi connectivity index (χ2n) is 4.62. The van der Waals surface area contributed by atoms with Gasteiger partial charge in [-0.3, -0.25) is 4.79 Å². The molecule has 1 amide bonds. The number of furan rings is 1. The van der Waals surface area contributed by atoms with Crippen molar-refractivity contribution in [3.63, 3.8) is 0 Å². The lowest BCUT2D eigenvalue weighted by atomic mass is 10.0. The summed E-state index contributed by atoms with van der Waals surface area (Å²) in [5.41, 5.74) is 1.83. The van der Waals surface area contributed by atoms with Crippen LogP contribution in [0.25, 0.3) is 0 Å². The van der Waals surface area contributed by atoms with Gasteiger partial charge in [-0.05, 0) is 14.0 Å². The molecule has 0 unspecified atom stereocenters. The topological polar surface area (TPSA) is 36.7 Å². The molecule has 0 saturated heterocycles. The highest BCUT2D eigenvalue weighted by molar-refractivity contribution is 5.96. The van der Waals surface area contributed by atoms with Crippen LogP contribution < -0.4 is 0 Å². The molecule has 1 aliphatic heterocycles. The van der Waals surface area contributed by atoms with Gasteiger partial charge in [0, 0.05) is 39.2 Å². The molecule has 0 radical (unpaired) electrons. The quantitative estimate of drug-likeness (QED) is 0.718. The van der Waals surface area contributed by atoms with E-state index in [-0.39, 0.29) is 5.91 Å². The molecule has 2 rings (SSSR count). The smallest absolute Gasteiger partial charge is 0.257 e. The number of carbonyl (C=O) groups excluding carboxylic acids is 1. The molecule has 2 heterocycles. The SMILES string of the molecule is Cc1oc2c(c1C(=O)N(C)C)CN(C)CC2. The number of rotatable bonds is 1. The van der Waals surface area contributed by atoms with Crippen molar-refractivity contribution in [2.45, 2.75) is 19.9 Å². The molecule has 4 nitrogen and oxygen atoms in total. The maximum absolute atomic E-state index is 12.1. The summed E-state index contributed by atoms with van der Waals surface area (Å²) in [4.78, 5) is 15.9. The number of fused-ring (bicyclic) bond motifs is 1. The Morgan fingerprint density at radius 3 is 2.75 bits per heavy atom. The number of hydrogen-bond donors (Lipinski definition) is 0. The van der Waals surface area contributed by atoms with E-state index in [9.17, 15) is 4.79 Å². The van der Waals surface area contributed by atoms with Crippen molar-refractivity contribution in [3.8, 4) is 0 Å². The molecule has 0 fully saturated rings. The normalized spacial score (nSPS) is 16.0. The maximum atomic E-state index is 12.1. The number of aryl methyl sites for hydroxylation is 1. The molecule has 0 aromatic carbocycles. The number of hydrogen-bond acceptors (Lipinski definition) is 3. The Kier molecular flexibility index (Phi) is 2.76. The minimum atomic E-state index is 0.0396. The standard InChI is InChI=1S/C12H18N2O2/c1-8-11(12(15)13(2)3)9-7-14(4)6-5-10(9)16-8/h5-7H2,1-4H3. The van der Waals surface area contributed by atoms with Gasteiger partial charge in [-0.2, -0.15) is 0 Å². The fourth-order valence-electron chi connectivity index (χ4n) is 2.16. The third-order valence-electron chi connectivity index (χ3n) is 3.04. The zero-order valence-corrected chi connectivity index (χ0v) is 10.3. The molecule has 4 heteroatoms. The minimum absolute atomic E-state index is 0.0396. The van der Waals surface area contributed by atoms with Crippen LogP contribution in [0, 0.1) is 6.92 Å². The van der Waals surface area contributed by atoms with Gasteiger partial charge in [-0.15, -0.1) is 0 Å². The van der Waals surface area contributed by atoms with Gasteiger partial charge in [0.15, 0.2) is 0 Å². The van der Waals surface area contributed by atoms with Gasteiger partial charge in [0.1, 0.15) is 11.5 Å². The Morgan fingerprint density at radius 1 is 1.44 bits per heavy atom. The molecule has 16 heavy (non-hydrogen) atoms. The van der Waals surface area contributed by atoms with Gasteiger partial charge in [-0.1, -0.05) is 0 Å². The van der Waals surface area contributed by atoms with Crippen molar-refractivity contribution in [2.75, 3.05) is 27.7 Å². The zero-order valence-electron chi connectivity index (χ0n) is 10.3. The Bertz CT molecular complexity index is 421. The van der Waals surface area contributed by atoms with E-state index in [0.29, 0.717) is 0 Å². The Balaban J connectivity index is 2.45. The second kappa shape index (κ2) is 3.94. The molecule has 0 saturated carbocycles. The van der Waals surface area contributed by atoms with Crippen molar-refractivity contribution < 1.29 is 9.21 Å².